The van der Waals surface area contributed by atoms with E-state index in [1.54, 1.807) is 10.9 Å². The second-order valence-electron chi connectivity index (χ2n) is 11.8. The van der Waals surface area contributed by atoms with E-state index in [1.165, 1.54) is 12.7 Å². The molecule has 4 atom stereocenters. The zero-order valence-electron chi connectivity index (χ0n) is 23.4. The lowest BCUT2D eigenvalue weighted by molar-refractivity contribution is 0.0513. The van der Waals surface area contributed by atoms with Crippen LogP contribution in [0.25, 0.3) is 5.69 Å². The van der Waals surface area contributed by atoms with Gasteiger partial charge < -0.3 is 14.8 Å². The Balaban J connectivity index is 1.34. The van der Waals surface area contributed by atoms with E-state index < -0.39 is 5.60 Å². The Morgan fingerprint density at radius 3 is 2.69 bits per heavy atom. The molecule has 0 radical (unpaired) electrons. The van der Waals surface area contributed by atoms with Gasteiger partial charge in [0.15, 0.2) is 0 Å². The summed E-state index contributed by atoms with van der Waals surface area (Å²) in [6.07, 6.45) is 8.35. The molecule has 2 saturated carbocycles. The van der Waals surface area contributed by atoms with Crippen molar-refractivity contribution >= 4 is 12.1 Å². The number of aryl methyl sites for hydroxylation is 1. The average molecular weight is 535 g/mol. The summed E-state index contributed by atoms with van der Waals surface area (Å²) in [7, 11) is 3.25. The van der Waals surface area contributed by atoms with Gasteiger partial charge in [-0.25, -0.2) is 14.3 Å². The summed E-state index contributed by atoms with van der Waals surface area (Å²) >= 11 is 0. The van der Waals surface area contributed by atoms with E-state index in [-0.39, 0.29) is 23.9 Å². The maximum Gasteiger partial charge on any atom is 0.407 e. The number of methoxy groups -OCH3 is 1. The van der Waals surface area contributed by atoms with Crippen LogP contribution in [-0.4, -0.2) is 56.1 Å². The first-order valence-corrected chi connectivity index (χ1v) is 13.7. The number of aromatic nitrogens is 5. The third-order valence-electron chi connectivity index (χ3n) is 7.66. The van der Waals surface area contributed by atoms with Crippen LogP contribution in [0, 0.1) is 5.92 Å². The lowest BCUT2D eigenvalue weighted by Gasteiger charge is -2.30. The smallest absolute Gasteiger partial charge is 0.407 e. The van der Waals surface area contributed by atoms with Gasteiger partial charge in [0, 0.05) is 31.6 Å². The lowest BCUT2D eigenvalue weighted by atomic mass is 9.78. The fourth-order valence-electron chi connectivity index (χ4n) is 5.78. The summed E-state index contributed by atoms with van der Waals surface area (Å²) in [6, 6.07) is 8.45. The molecule has 2 aliphatic rings. The number of hydrogen-bond acceptors (Lipinski definition) is 7. The first kappa shape index (κ1) is 26.9. The highest BCUT2D eigenvalue weighted by Crippen LogP contribution is 2.55. The zero-order chi connectivity index (χ0) is 27.7. The van der Waals surface area contributed by atoms with Gasteiger partial charge in [-0.1, -0.05) is 23.8 Å². The first-order chi connectivity index (χ1) is 18.6. The third kappa shape index (κ3) is 6.15. The molecule has 10 heteroatoms. The highest BCUT2D eigenvalue weighted by atomic mass is 16.6. The topological polar surface area (TPSA) is 113 Å². The van der Waals surface area contributed by atoms with Crippen LogP contribution in [0.3, 0.4) is 0 Å². The molecule has 0 spiro atoms. The van der Waals surface area contributed by atoms with Crippen molar-refractivity contribution in [3.8, 4) is 5.69 Å². The minimum Gasteiger partial charge on any atom is -0.465 e. The number of nitrogens with one attached hydrogen (secondary N) is 1. The largest absolute Gasteiger partial charge is 0.465 e. The van der Waals surface area contributed by atoms with Crippen molar-refractivity contribution in [1.82, 2.24) is 30.1 Å². The van der Waals surface area contributed by atoms with E-state index in [0.29, 0.717) is 23.9 Å². The number of rotatable bonds is 7. The summed E-state index contributed by atoms with van der Waals surface area (Å²) in [4.78, 5) is 24.8. The zero-order valence-corrected chi connectivity index (χ0v) is 23.4. The number of benzene rings is 1. The molecular weight excluding hydrogens is 496 g/mol. The molecule has 2 aromatic heterocycles. The molecule has 10 nitrogen and oxygen atoms in total. The number of nitrogens with zero attached hydrogens (tertiary/aromatic N) is 5. The molecule has 1 N–H and O–H groups in total. The van der Waals surface area contributed by atoms with Gasteiger partial charge in [-0.3, -0.25) is 4.68 Å². The normalized spacial score (nSPS) is 22.8. The summed E-state index contributed by atoms with van der Waals surface area (Å²) < 4.78 is 14.1. The van der Waals surface area contributed by atoms with Gasteiger partial charge in [-0.15, -0.1) is 5.10 Å². The quantitative estimate of drug-likeness (QED) is 0.431. The number of hydrogen-bond donors (Lipinski definition) is 1. The SMILES string of the molecule is COC(=O)c1cnn(-c2cccc([C@H]3CCC[C@H](CNC(=O)OC(C)(C)C)C3)c2)c1C1CC1c1cn(C)nn1. The molecule has 3 aromatic rings. The van der Waals surface area contributed by atoms with Gasteiger partial charge in [0.1, 0.15) is 11.2 Å². The van der Waals surface area contributed by atoms with E-state index in [1.807, 2.05) is 44.8 Å². The average Bonchev–Trinajstić information content (AvgIpc) is 3.36. The van der Waals surface area contributed by atoms with Gasteiger partial charge in [-0.2, -0.15) is 5.10 Å². The van der Waals surface area contributed by atoms with Crippen molar-refractivity contribution < 1.29 is 19.1 Å². The number of amides is 1. The Kier molecular flexibility index (Phi) is 7.46. The van der Waals surface area contributed by atoms with Crippen LogP contribution in [-0.2, 0) is 16.5 Å². The maximum atomic E-state index is 12.6. The molecule has 1 amide bonds. The summed E-state index contributed by atoms with van der Waals surface area (Å²) in [6.45, 7) is 6.22. The minimum atomic E-state index is -0.506. The van der Waals surface area contributed by atoms with Gasteiger partial charge in [0.2, 0.25) is 0 Å². The predicted molar refractivity (Wildman–Crippen MR) is 145 cm³/mol. The minimum absolute atomic E-state index is 0.111. The molecule has 208 valence electrons. The summed E-state index contributed by atoms with van der Waals surface area (Å²) in [5, 5.41) is 16.0. The van der Waals surface area contributed by atoms with Crippen molar-refractivity contribution in [3.63, 3.8) is 0 Å². The van der Waals surface area contributed by atoms with Gasteiger partial charge >= 0.3 is 12.1 Å². The molecule has 2 aliphatic carbocycles. The van der Waals surface area contributed by atoms with Crippen LogP contribution in [0.2, 0.25) is 0 Å². The maximum absolute atomic E-state index is 12.6. The second-order valence-corrected chi connectivity index (χ2v) is 11.8. The van der Waals surface area contributed by atoms with Gasteiger partial charge in [-0.05, 0) is 76.0 Å². The van der Waals surface area contributed by atoms with Crippen LogP contribution in [0.4, 0.5) is 4.79 Å². The molecule has 0 aliphatic heterocycles. The molecule has 0 bridgehead atoms. The Hall–Kier alpha value is -3.69. The number of alkyl carbamates (subject to hydrolysis) is 1. The van der Waals surface area contributed by atoms with E-state index >= 15 is 0 Å². The first-order valence-electron chi connectivity index (χ1n) is 13.7. The van der Waals surface area contributed by atoms with Crippen LogP contribution >= 0.6 is 0 Å². The van der Waals surface area contributed by atoms with Gasteiger partial charge in [0.05, 0.1) is 30.4 Å². The molecular formula is C29H38N6O4. The Morgan fingerprint density at radius 2 is 1.97 bits per heavy atom. The van der Waals surface area contributed by atoms with Crippen LogP contribution in [0.5, 0.6) is 0 Å². The lowest BCUT2D eigenvalue weighted by Crippen LogP contribution is -2.36. The predicted octanol–water partition coefficient (Wildman–Crippen LogP) is 4.86. The molecule has 2 fully saturated rings. The third-order valence-corrected chi connectivity index (χ3v) is 7.66. The van der Waals surface area contributed by atoms with Gasteiger partial charge in [0.25, 0.3) is 0 Å². The van der Waals surface area contributed by atoms with Crippen molar-refractivity contribution in [2.75, 3.05) is 13.7 Å². The molecule has 1 aromatic carbocycles. The number of carbonyl (C=O) groups is 2. The van der Waals surface area contributed by atoms with E-state index in [2.05, 4.69) is 38.9 Å². The molecule has 5 rings (SSSR count). The molecule has 0 saturated heterocycles. The van der Waals surface area contributed by atoms with Crippen molar-refractivity contribution in [1.29, 1.82) is 0 Å². The van der Waals surface area contributed by atoms with Crippen LogP contribution in [0.1, 0.15) is 97.9 Å². The van der Waals surface area contributed by atoms with Crippen molar-refractivity contribution in [3.05, 3.63) is 59.2 Å². The Morgan fingerprint density at radius 1 is 1.15 bits per heavy atom. The van der Waals surface area contributed by atoms with E-state index in [9.17, 15) is 9.59 Å². The van der Waals surface area contributed by atoms with E-state index in [0.717, 1.165) is 49.2 Å². The summed E-state index contributed by atoms with van der Waals surface area (Å²) in [5.74, 6) is 0.698. The fourth-order valence-corrected chi connectivity index (χ4v) is 5.78. The molecule has 2 unspecified atom stereocenters. The van der Waals surface area contributed by atoms with Crippen molar-refractivity contribution in [2.24, 2.45) is 13.0 Å². The molecule has 2 heterocycles. The number of ether oxygens (including phenoxy) is 2. The van der Waals surface area contributed by atoms with Crippen LogP contribution in [0.15, 0.2) is 36.7 Å². The monoisotopic (exact) mass is 534 g/mol. The highest BCUT2D eigenvalue weighted by Gasteiger charge is 2.46. The highest BCUT2D eigenvalue weighted by molar-refractivity contribution is 5.91. The van der Waals surface area contributed by atoms with Crippen molar-refractivity contribution in [2.45, 2.75) is 76.2 Å². The fraction of sp³-hybridized carbons (Fsp3) is 0.552. The Labute approximate surface area is 229 Å². The second kappa shape index (κ2) is 10.8. The van der Waals surface area contributed by atoms with E-state index in [4.69, 9.17) is 9.47 Å². The number of esters is 1. The molecule has 39 heavy (non-hydrogen) atoms. The Bertz CT molecular complexity index is 1340. The standard InChI is InChI=1S/C29H38N6O4/c1-29(2,3)39-28(37)30-15-18-8-6-9-19(12-18)20-10-7-11-21(13-20)35-26(24(16-31-35)27(36)38-5)23-14-22(23)25-17-34(4)33-32-25/h7,10-11,13,16-19,22-23H,6,8-9,12,14-15H2,1-5H3,(H,30,37)/t18-,19-,22?,23?/m0/s1. The summed E-state index contributed by atoms with van der Waals surface area (Å²) in [5.41, 5.74) is 3.94. The van der Waals surface area contributed by atoms with Crippen LogP contribution < -0.4 is 5.32 Å². The number of carbonyl (C=O) groups excluding carboxylic acids is 2.